The lowest BCUT2D eigenvalue weighted by atomic mass is 9.92. The maximum atomic E-state index is 11.5. The minimum absolute atomic E-state index is 0.0412. The first-order valence-corrected chi connectivity index (χ1v) is 9.97. The molecule has 0 aromatic heterocycles. The minimum Gasteiger partial charge on any atom is -0.388 e. The first kappa shape index (κ1) is 17.3. The standard InChI is InChI=1S/C20H25NO2S/c1-15(16-8-10-18(11-9-16)24(2)23)21-14-20(12-13-20)19(22)17-6-4-3-5-7-17/h3-11,15,19,21-22H,12-14H2,1-2H3. The van der Waals surface area contributed by atoms with Crippen LogP contribution in [0.3, 0.4) is 0 Å². The third-order valence-electron chi connectivity index (χ3n) is 5.06. The number of hydrogen-bond donors (Lipinski definition) is 2. The van der Waals surface area contributed by atoms with Crippen molar-refractivity contribution < 1.29 is 9.32 Å². The third-order valence-corrected chi connectivity index (χ3v) is 6.00. The molecule has 1 aliphatic carbocycles. The van der Waals surface area contributed by atoms with Gasteiger partial charge in [0.2, 0.25) is 0 Å². The highest BCUT2D eigenvalue weighted by Crippen LogP contribution is 2.54. The molecule has 0 spiro atoms. The van der Waals surface area contributed by atoms with Gasteiger partial charge in [0.05, 0.1) is 6.10 Å². The van der Waals surface area contributed by atoms with Gasteiger partial charge in [-0.1, -0.05) is 42.5 Å². The van der Waals surface area contributed by atoms with Crippen LogP contribution in [0.25, 0.3) is 0 Å². The van der Waals surface area contributed by atoms with E-state index in [1.807, 2.05) is 54.6 Å². The molecule has 3 unspecified atom stereocenters. The van der Waals surface area contributed by atoms with Crippen LogP contribution in [-0.2, 0) is 10.8 Å². The van der Waals surface area contributed by atoms with E-state index in [4.69, 9.17) is 0 Å². The molecule has 1 fully saturated rings. The smallest absolute Gasteiger partial charge is 0.0858 e. The minimum atomic E-state index is -0.939. The van der Waals surface area contributed by atoms with Crippen LogP contribution in [0, 0.1) is 5.41 Å². The predicted molar refractivity (Wildman–Crippen MR) is 98.3 cm³/mol. The van der Waals surface area contributed by atoms with Gasteiger partial charge in [-0.25, -0.2) is 0 Å². The van der Waals surface area contributed by atoms with Crippen molar-refractivity contribution in [3.8, 4) is 0 Å². The zero-order valence-electron chi connectivity index (χ0n) is 14.2. The summed E-state index contributed by atoms with van der Waals surface area (Å²) < 4.78 is 11.5. The van der Waals surface area contributed by atoms with Crippen molar-refractivity contribution in [3.05, 3.63) is 65.7 Å². The Hall–Kier alpha value is -1.49. The van der Waals surface area contributed by atoms with E-state index in [1.54, 1.807) is 6.26 Å². The molecule has 1 aliphatic rings. The Morgan fingerprint density at radius 1 is 1.08 bits per heavy atom. The fourth-order valence-corrected chi connectivity index (χ4v) is 3.64. The van der Waals surface area contributed by atoms with Crippen molar-refractivity contribution in [2.24, 2.45) is 5.41 Å². The van der Waals surface area contributed by atoms with Crippen LogP contribution >= 0.6 is 0 Å². The average Bonchev–Trinajstić information content (AvgIpc) is 3.41. The van der Waals surface area contributed by atoms with Gasteiger partial charge in [-0.05, 0) is 43.0 Å². The zero-order valence-corrected chi connectivity index (χ0v) is 15.1. The van der Waals surface area contributed by atoms with Gasteiger partial charge >= 0.3 is 0 Å². The van der Waals surface area contributed by atoms with E-state index in [2.05, 4.69) is 12.2 Å². The van der Waals surface area contributed by atoms with Gasteiger partial charge in [-0.15, -0.1) is 0 Å². The van der Waals surface area contributed by atoms with Crippen LogP contribution in [0.15, 0.2) is 59.5 Å². The molecule has 0 bridgehead atoms. The fourth-order valence-electron chi connectivity index (χ4n) is 3.12. The first-order valence-electron chi connectivity index (χ1n) is 8.42. The van der Waals surface area contributed by atoms with Crippen molar-refractivity contribution in [2.45, 2.75) is 36.8 Å². The van der Waals surface area contributed by atoms with Crippen LogP contribution < -0.4 is 5.32 Å². The summed E-state index contributed by atoms with van der Waals surface area (Å²) >= 11 is 0. The Bertz CT molecular complexity index is 695. The molecule has 0 radical (unpaired) electrons. The van der Waals surface area contributed by atoms with E-state index in [1.165, 1.54) is 5.56 Å². The third kappa shape index (κ3) is 3.77. The van der Waals surface area contributed by atoms with Gasteiger partial charge in [-0.2, -0.15) is 0 Å². The van der Waals surface area contributed by atoms with Gasteiger partial charge in [0.1, 0.15) is 0 Å². The molecule has 1 saturated carbocycles. The zero-order chi connectivity index (χ0) is 17.2. The lowest BCUT2D eigenvalue weighted by molar-refractivity contribution is 0.0903. The van der Waals surface area contributed by atoms with E-state index < -0.39 is 16.9 Å². The molecule has 3 atom stereocenters. The van der Waals surface area contributed by atoms with E-state index in [0.29, 0.717) is 0 Å². The molecular formula is C20H25NO2S. The summed E-state index contributed by atoms with van der Waals surface area (Å²) in [6, 6.07) is 18.0. The monoisotopic (exact) mass is 343 g/mol. The maximum absolute atomic E-state index is 11.5. The molecule has 3 nitrogen and oxygen atoms in total. The molecule has 2 aromatic rings. The molecule has 3 rings (SSSR count). The second-order valence-electron chi connectivity index (χ2n) is 6.80. The molecule has 128 valence electrons. The van der Waals surface area contributed by atoms with Gasteiger partial charge in [0.15, 0.2) is 0 Å². The Kier molecular flexibility index (Phi) is 5.18. The van der Waals surface area contributed by atoms with Crippen LogP contribution in [0.5, 0.6) is 0 Å². The highest BCUT2D eigenvalue weighted by molar-refractivity contribution is 7.84. The van der Waals surface area contributed by atoms with Crippen LogP contribution in [0.4, 0.5) is 0 Å². The largest absolute Gasteiger partial charge is 0.388 e. The molecule has 2 N–H and O–H groups in total. The Labute approximate surface area is 146 Å². The number of nitrogens with one attached hydrogen (secondary N) is 1. The topological polar surface area (TPSA) is 49.3 Å². The van der Waals surface area contributed by atoms with Gasteiger partial charge < -0.3 is 10.4 Å². The Balaban J connectivity index is 1.61. The van der Waals surface area contributed by atoms with Crippen molar-refractivity contribution in [3.63, 3.8) is 0 Å². The second kappa shape index (κ2) is 7.18. The molecule has 2 aromatic carbocycles. The normalized spacial score (nSPS) is 19.5. The molecular weight excluding hydrogens is 318 g/mol. The molecule has 0 heterocycles. The van der Waals surface area contributed by atoms with E-state index in [9.17, 15) is 9.32 Å². The van der Waals surface area contributed by atoms with Crippen LogP contribution in [0.2, 0.25) is 0 Å². The molecule has 0 amide bonds. The number of aliphatic hydroxyl groups is 1. The van der Waals surface area contributed by atoms with Crippen molar-refractivity contribution in [1.82, 2.24) is 5.32 Å². The fraction of sp³-hybridized carbons (Fsp3) is 0.400. The second-order valence-corrected chi connectivity index (χ2v) is 8.18. The summed E-state index contributed by atoms with van der Waals surface area (Å²) in [7, 11) is -0.939. The summed E-state index contributed by atoms with van der Waals surface area (Å²) in [5.41, 5.74) is 2.13. The number of rotatable bonds is 7. The van der Waals surface area contributed by atoms with E-state index in [-0.39, 0.29) is 11.5 Å². The van der Waals surface area contributed by atoms with Crippen molar-refractivity contribution in [2.75, 3.05) is 12.8 Å². The van der Waals surface area contributed by atoms with Gasteiger partial charge in [0, 0.05) is 40.0 Å². The molecule has 4 heteroatoms. The first-order chi connectivity index (χ1) is 11.5. The van der Waals surface area contributed by atoms with Crippen LogP contribution in [-0.4, -0.2) is 22.1 Å². The van der Waals surface area contributed by atoms with E-state index in [0.717, 1.165) is 29.8 Å². The summed E-state index contributed by atoms with van der Waals surface area (Å²) in [4.78, 5) is 0.851. The lowest BCUT2D eigenvalue weighted by Gasteiger charge is -2.25. The molecule has 0 saturated heterocycles. The van der Waals surface area contributed by atoms with Crippen LogP contribution in [0.1, 0.15) is 43.0 Å². The summed E-state index contributed by atoms with van der Waals surface area (Å²) in [6.45, 7) is 2.93. The SMILES string of the molecule is CC(NCC1(C(O)c2ccccc2)CC1)c1ccc(S(C)=O)cc1. The molecule has 0 aliphatic heterocycles. The highest BCUT2D eigenvalue weighted by Gasteiger charge is 2.49. The maximum Gasteiger partial charge on any atom is 0.0858 e. The summed E-state index contributed by atoms with van der Waals surface area (Å²) in [5, 5.41) is 14.3. The van der Waals surface area contributed by atoms with Gasteiger partial charge in [-0.3, -0.25) is 4.21 Å². The highest BCUT2D eigenvalue weighted by atomic mass is 32.2. The van der Waals surface area contributed by atoms with E-state index >= 15 is 0 Å². The summed E-state index contributed by atoms with van der Waals surface area (Å²) in [5.74, 6) is 0. The predicted octanol–water partition coefficient (Wildman–Crippen LogP) is 3.59. The van der Waals surface area contributed by atoms with Crippen molar-refractivity contribution in [1.29, 1.82) is 0 Å². The number of aliphatic hydroxyl groups excluding tert-OH is 1. The number of hydrogen-bond acceptors (Lipinski definition) is 3. The number of benzene rings is 2. The van der Waals surface area contributed by atoms with Gasteiger partial charge in [0.25, 0.3) is 0 Å². The molecule has 24 heavy (non-hydrogen) atoms. The average molecular weight is 343 g/mol. The quantitative estimate of drug-likeness (QED) is 0.808. The van der Waals surface area contributed by atoms with Crippen molar-refractivity contribution >= 4 is 10.8 Å². The Morgan fingerprint density at radius 3 is 2.25 bits per heavy atom. The summed E-state index contributed by atoms with van der Waals surface area (Å²) in [6.07, 6.45) is 3.38. The lowest BCUT2D eigenvalue weighted by Crippen LogP contribution is -2.30. The Morgan fingerprint density at radius 2 is 1.71 bits per heavy atom.